The van der Waals surface area contributed by atoms with Crippen molar-refractivity contribution >= 4 is 5.69 Å². The molecular weight excluding hydrogens is 198 g/mol. The largest absolute Gasteiger partial charge is 0.495 e. The van der Waals surface area contributed by atoms with E-state index in [0.29, 0.717) is 0 Å². The maximum Gasteiger partial charge on any atom is 0.141 e. The second-order valence-corrected chi connectivity index (χ2v) is 3.54. The number of anilines is 1. The fraction of sp³-hybridized carbons (Fsp3) is 0.143. The Morgan fingerprint density at radius 3 is 2.38 bits per heavy atom. The highest BCUT2D eigenvalue weighted by Crippen LogP contribution is 2.23. The Kier molecular flexibility index (Phi) is 3.44. The summed E-state index contributed by atoms with van der Waals surface area (Å²) in [6, 6.07) is 18.2. The molecule has 0 atom stereocenters. The van der Waals surface area contributed by atoms with E-state index in [0.717, 1.165) is 18.0 Å². The van der Waals surface area contributed by atoms with Gasteiger partial charge in [0.2, 0.25) is 0 Å². The van der Waals surface area contributed by atoms with Crippen molar-refractivity contribution in [3.8, 4) is 5.75 Å². The number of benzene rings is 2. The van der Waals surface area contributed by atoms with Crippen LogP contribution in [0.4, 0.5) is 5.69 Å². The van der Waals surface area contributed by atoms with E-state index in [4.69, 9.17) is 4.74 Å². The first-order valence-corrected chi connectivity index (χ1v) is 5.31. The highest BCUT2D eigenvalue weighted by molar-refractivity contribution is 5.56. The van der Waals surface area contributed by atoms with Gasteiger partial charge in [0, 0.05) is 6.54 Å². The Morgan fingerprint density at radius 1 is 0.938 bits per heavy atom. The smallest absolute Gasteiger partial charge is 0.141 e. The Morgan fingerprint density at radius 2 is 1.62 bits per heavy atom. The minimum atomic E-state index is 0.807. The summed E-state index contributed by atoms with van der Waals surface area (Å²) in [6.45, 7) is 0.807. The van der Waals surface area contributed by atoms with Gasteiger partial charge in [-0.15, -0.1) is 0 Å². The molecule has 0 amide bonds. The molecule has 0 spiro atoms. The molecule has 0 aromatic heterocycles. The van der Waals surface area contributed by atoms with Crippen LogP contribution in [-0.2, 0) is 6.54 Å². The van der Waals surface area contributed by atoms with Crippen LogP contribution in [0.2, 0.25) is 0 Å². The van der Waals surface area contributed by atoms with Crippen molar-refractivity contribution in [1.29, 1.82) is 0 Å². The molecule has 0 saturated heterocycles. The van der Waals surface area contributed by atoms with Crippen molar-refractivity contribution in [2.24, 2.45) is 0 Å². The molecule has 2 nitrogen and oxygen atoms in total. The summed E-state index contributed by atoms with van der Waals surface area (Å²) in [6.07, 6.45) is 0. The normalized spacial score (nSPS) is 9.81. The minimum absolute atomic E-state index is 0.807. The minimum Gasteiger partial charge on any atom is -0.495 e. The number of hydrogen-bond donors (Lipinski definition) is 1. The second kappa shape index (κ2) is 5.21. The maximum atomic E-state index is 5.27. The lowest BCUT2D eigenvalue weighted by Crippen LogP contribution is -2.00. The lowest BCUT2D eigenvalue weighted by molar-refractivity contribution is 0.416. The molecule has 2 rings (SSSR count). The van der Waals surface area contributed by atoms with Gasteiger partial charge in [-0.3, -0.25) is 0 Å². The SMILES string of the molecule is COc1ccccc1NCc1ccccc1. The van der Waals surface area contributed by atoms with E-state index in [2.05, 4.69) is 17.4 Å². The quantitative estimate of drug-likeness (QED) is 0.841. The summed E-state index contributed by atoms with van der Waals surface area (Å²) in [5.74, 6) is 0.874. The first kappa shape index (κ1) is 10.6. The first-order chi connectivity index (χ1) is 7.90. The number of nitrogens with one attached hydrogen (secondary N) is 1. The zero-order chi connectivity index (χ0) is 11.2. The third-order valence-electron chi connectivity index (χ3n) is 2.43. The van der Waals surface area contributed by atoms with Gasteiger partial charge in [0.05, 0.1) is 12.8 Å². The number of rotatable bonds is 4. The van der Waals surface area contributed by atoms with Crippen LogP contribution in [-0.4, -0.2) is 7.11 Å². The van der Waals surface area contributed by atoms with Crippen LogP contribution in [0.3, 0.4) is 0 Å². The van der Waals surface area contributed by atoms with Crippen LogP contribution in [0.5, 0.6) is 5.75 Å². The Hall–Kier alpha value is -1.96. The van der Waals surface area contributed by atoms with E-state index in [9.17, 15) is 0 Å². The zero-order valence-electron chi connectivity index (χ0n) is 9.31. The molecule has 0 saturated carbocycles. The molecule has 0 radical (unpaired) electrons. The number of hydrogen-bond acceptors (Lipinski definition) is 2. The summed E-state index contributed by atoms with van der Waals surface area (Å²) in [7, 11) is 1.68. The number of methoxy groups -OCH3 is 1. The molecule has 0 heterocycles. The summed E-state index contributed by atoms with van der Waals surface area (Å²) in [5, 5.41) is 3.36. The van der Waals surface area contributed by atoms with Gasteiger partial charge < -0.3 is 10.1 Å². The molecule has 0 aliphatic rings. The van der Waals surface area contributed by atoms with E-state index in [-0.39, 0.29) is 0 Å². The van der Waals surface area contributed by atoms with Gasteiger partial charge in [0.15, 0.2) is 0 Å². The van der Waals surface area contributed by atoms with Crippen LogP contribution in [0.25, 0.3) is 0 Å². The lowest BCUT2D eigenvalue weighted by Gasteiger charge is -2.10. The summed E-state index contributed by atoms with van der Waals surface area (Å²) in [5.41, 5.74) is 2.28. The molecule has 82 valence electrons. The van der Waals surface area contributed by atoms with Crippen molar-refractivity contribution in [3.05, 3.63) is 60.2 Å². The van der Waals surface area contributed by atoms with Gasteiger partial charge in [0.1, 0.15) is 5.75 Å². The van der Waals surface area contributed by atoms with Crippen molar-refractivity contribution in [2.75, 3.05) is 12.4 Å². The Balaban J connectivity index is 2.05. The van der Waals surface area contributed by atoms with Gasteiger partial charge in [-0.25, -0.2) is 0 Å². The van der Waals surface area contributed by atoms with Crippen molar-refractivity contribution < 1.29 is 4.74 Å². The van der Waals surface area contributed by atoms with Crippen LogP contribution in [0, 0.1) is 0 Å². The number of para-hydroxylation sites is 2. The average molecular weight is 213 g/mol. The topological polar surface area (TPSA) is 21.3 Å². The first-order valence-electron chi connectivity index (χ1n) is 5.31. The molecular formula is C14H15NO. The number of ether oxygens (including phenoxy) is 1. The Labute approximate surface area is 95.9 Å². The molecule has 2 aromatic rings. The highest BCUT2D eigenvalue weighted by atomic mass is 16.5. The van der Waals surface area contributed by atoms with Crippen LogP contribution in [0.1, 0.15) is 5.56 Å². The van der Waals surface area contributed by atoms with Gasteiger partial charge in [-0.1, -0.05) is 42.5 Å². The lowest BCUT2D eigenvalue weighted by atomic mass is 10.2. The molecule has 1 N–H and O–H groups in total. The zero-order valence-corrected chi connectivity index (χ0v) is 9.31. The van der Waals surface area contributed by atoms with Crippen molar-refractivity contribution in [2.45, 2.75) is 6.54 Å². The van der Waals surface area contributed by atoms with E-state index >= 15 is 0 Å². The third kappa shape index (κ3) is 2.54. The summed E-state index contributed by atoms with van der Waals surface area (Å²) >= 11 is 0. The fourth-order valence-corrected chi connectivity index (χ4v) is 1.58. The molecule has 0 aliphatic heterocycles. The van der Waals surface area contributed by atoms with E-state index < -0.39 is 0 Å². The Bertz CT molecular complexity index is 439. The monoisotopic (exact) mass is 213 g/mol. The maximum absolute atomic E-state index is 5.27. The molecule has 0 bridgehead atoms. The van der Waals surface area contributed by atoms with E-state index in [1.54, 1.807) is 7.11 Å². The highest BCUT2D eigenvalue weighted by Gasteiger charge is 1.99. The standard InChI is InChI=1S/C14H15NO/c1-16-14-10-6-5-9-13(14)15-11-12-7-3-2-4-8-12/h2-10,15H,11H2,1H3. The van der Waals surface area contributed by atoms with Crippen LogP contribution < -0.4 is 10.1 Å². The van der Waals surface area contributed by atoms with Crippen molar-refractivity contribution in [1.82, 2.24) is 0 Å². The fourth-order valence-electron chi connectivity index (χ4n) is 1.58. The van der Waals surface area contributed by atoms with Gasteiger partial charge in [0.25, 0.3) is 0 Å². The van der Waals surface area contributed by atoms with Gasteiger partial charge >= 0.3 is 0 Å². The molecule has 0 aliphatic carbocycles. The van der Waals surface area contributed by atoms with Crippen molar-refractivity contribution in [3.63, 3.8) is 0 Å². The average Bonchev–Trinajstić information content (AvgIpc) is 2.38. The van der Waals surface area contributed by atoms with Gasteiger partial charge in [-0.05, 0) is 17.7 Å². The predicted octanol–water partition coefficient (Wildman–Crippen LogP) is 3.31. The molecule has 2 aromatic carbocycles. The molecule has 0 fully saturated rings. The predicted molar refractivity (Wildman–Crippen MR) is 66.8 cm³/mol. The van der Waals surface area contributed by atoms with E-state index in [1.165, 1.54) is 5.56 Å². The molecule has 2 heteroatoms. The van der Waals surface area contributed by atoms with Crippen LogP contribution in [0.15, 0.2) is 54.6 Å². The van der Waals surface area contributed by atoms with Gasteiger partial charge in [-0.2, -0.15) is 0 Å². The van der Waals surface area contributed by atoms with Crippen LogP contribution >= 0.6 is 0 Å². The third-order valence-corrected chi connectivity index (χ3v) is 2.43. The summed E-state index contributed by atoms with van der Waals surface area (Å²) < 4.78 is 5.27. The second-order valence-electron chi connectivity index (χ2n) is 3.54. The summed E-state index contributed by atoms with van der Waals surface area (Å²) in [4.78, 5) is 0. The van der Waals surface area contributed by atoms with E-state index in [1.807, 2.05) is 42.5 Å². The molecule has 0 unspecified atom stereocenters. The molecule has 16 heavy (non-hydrogen) atoms.